The van der Waals surface area contributed by atoms with Crippen molar-refractivity contribution < 1.29 is 66.5 Å². The molecule has 0 unspecified atom stereocenters. The van der Waals surface area contributed by atoms with E-state index in [1.807, 2.05) is 0 Å². The Hall–Kier alpha value is -2.36. The van der Waals surface area contributed by atoms with Crippen molar-refractivity contribution >= 4 is 23.9 Å². The molecule has 3 rings (SSSR count). The summed E-state index contributed by atoms with van der Waals surface area (Å²) in [6.07, 6.45) is -11.2. The van der Waals surface area contributed by atoms with Crippen LogP contribution in [0.3, 0.4) is 0 Å². The van der Waals surface area contributed by atoms with Crippen LogP contribution in [0.4, 0.5) is 0 Å². The van der Waals surface area contributed by atoms with Gasteiger partial charge in [-0.25, -0.2) is 4.79 Å². The molecule has 0 aromatic rings. The summed E-state index contributed by atoms with van der Waals surface area (Å²) in [5, 5.41) is 0. The largest absolute Gasteiger partial charge is 0.467 e. The Bertz CT molecular complexity index is 874. The third kappa shape index (κ3) is 6.56. The summed E-state index contributed by atoms with van der Waals surface area (Å²) in [6, 6.07) is 0. The molecule has 210 valence electrons. The zero-order chi connectivity index (χ0) is 27.7. The van der Waals surface area contributed by atoms with E-state index < -0.39 is 91.1 Å². The molecule has 3 heterocycles. The standard InChI is InChI=1S/C23H34O14/c1-9-13(16-19(21(29-8)30-9)37-23(5,6)36-16)34-22-18(33-12(4)26)15(32-11(3)25)14(31-10(2)24)17(35-22)20(27)28-7/h9,13-19,21-22H,1-8H3/t9-,13+,14-,15+,16+,17+,18-,19+,21-,22-/m0/s1. The van der Waals surface area contributed by atoms with Crippen LogP contribution in [0.15, 0.2) is 0 Å². The zero-order valence-electron chi connectivity index (χ0n) is 22.0. The summed E-state index contributed by atoms with van der Waals surface area (Å²) in [5.74, 6) is -4.31. The van der Waals surface area contributed by atoms with Crippen molar-refractivity contribution in [2.75, 3.05) is 14.2 Å². The molecule has 3 saturated heterocycles. The van der Waals surface area contributed by atoms with E-state index in [-0.39, 0.29) is 0 Å². The molecular weight excluding hydrogens is 500 g/mol. The quantitative estimate of drug-likeness (QED) is 0.316. The number of carbonyl (C=O) groups excluding carboxylic acids is 4. The highest BCUT2D eigenvalue weighted by Crippen LogP contribution is 2.40. The van der Waals surface area contributed by atoms with Crippen molar-refractivity contribution in [2.24, 2.45) is 0 Å². The SMILES string of the molecule is COC(=O)[C@@H]1O[C@H](O[C@H]2[C@H]3OC(C)(C)O[C@H]3[C@@H](OC)O[C@H]2C)[C@@H](OC(C)=O)[C@H](OC(C)=O)[C@@H]1OC(C)=O. The predicted octanol–water partition coefficient (Wildman–Crippen LogP) is -0.0241. The van der Waals surface area contributed by atoms with Crippen LogP contribution in [0.2, 0.25) is 0 Å². The van der Waals surface area contributed by atoms with Gasteiger partial charge in [0.25, 0.3) is 0 Å². The molecule has 0 amide bonds. The molecule has 0 bridgehead atoms. The minimum absolute atomic E-state index is 0.653. The Labute approximate surface area is 214 Å². The number of carbonyl (C=O) groups is 4. The number of hydrogen-bond donors (Lipinski definition) is 0. The van der Waals surface area contributed by atoms with Crippen LogP contribution in [0.1, 0.15) is 41.5 Å². The lowest BCUT2D eigenvalue weighted by atomic mass is 9.96. The molecule has 0 aliphatic carbocycles. The molecule has 3 aliphatic rings. The van der Waals surface area contributed by atoms with E-state index in [0.717, 1.165) is 27.9 Å². The van der Waals surface area contributed by atoms with E-state index in [9.17, 15) is 19.2 Å². The van der Waals surface area contributed by atoms with E-state index in [1.54, 1.807) is 20.8 Å². The Kier molecular flexibility index (Phi) is 9.14. The van der Waals surface area contributed by atoms with Crippen molar-refractivity contribution in [3.63, 3.8) is 0 Å². The number of methoxy groups -OCH3 is 2. The number of esters is 4. The topological polar surface area (TPSA) is 161 Å². The van der Waals surface area contributed by atoms with Gasteiger partial charge in [0.15, 0.2) is 42.8 Å². The average Bonchev–Trinajstić information content (AvgIpc) is 3.12. The van der Waals surface area contributed by atoms with Crippen molar-refractivity contribution in [2.45, 2.75) is 109 Å². The normalized spacial score (nSPS) is 38.7. The molecule has 0 saturated carbocycles. The van der Waals surface area contributed by atoms with Crippen LogP contribution >= 0.6 is 0 Å². The van der Waals surface area contributed by atoms with Crippen molar-refractivity contribution in [1.82, 2.24) is 0 Å². The summed E-state index contributed by atoms with van der Waals surface area (Å²) in [4.78, 5) is 48.5. The molecule has 0 spiro atoms. The van der Waals surface area contributed by atoms with Crippen LogP contribution in [0.5, 0.6) is 0 Å². The van der Waals surface area contributed by atoms with Crippen molar-refractivity contribution in [1.29, 1.82) is 0 Å². The van der Waals surface area contributed by atoms with Gasteiger partial charge in [-0.15, -0.1) is 0 Å². The Balaban J connectivity index is 2.00. The van der Waals surface area contributed by atoms with E-state index in [0.29, 0.717) is 0 Å². The summed E-state index contributed by atoms with van der Waals surface area (Å²) in [5.41, 5.74) is 0. The number of hydrogen-bond acceptors (Lipinski definition) is 14. The van der Waals surface area contributed by atoms with Crippen molar-refractivity contribution in [3.8, 4) is 0 Å². The second-order valence-electron chi connectivity index (χ2n) is 9.28. The Morgan fingerprint density at radius 3 is 1.78 bits per heavy atom. The van der Waals surface area contributed by atoms with E-state index >= 15 is 0 Å². The minimum Gasteiger partial charge on any atom is -0.467 e. The van der Waals surface area contributed by atoms with Crippen LogP contribution in [-0.2, 0) is 66.5 Å². The molecule has 0 radical (unpaired) electrons. The average molecular weight is 535 g/mol. The fourth-order valence-corrected chi connectivity index (χ4v) is 4.64. The van der Waals surface area contributed by atoms with Gasteiger partial charge in [-0.2, -0.15) is 0 Å². The van der Waals surface area contributed by atoms with Gasteiger partial charge in [0, 0.05) is 27.9 Å². The van der Waals surface area contributed by atoms with Crippen LogP contribution in [0, 0.1) is 0 Å². The van der Waals surface area contributed by atoms with Crippen molar-refractivity contribution in [3.05, 3.63) is 0 Å². The fourth-order valence-electron chi connectivity index (χ4n) is 4.64. The maximum absolute atomic E-state index is 12.6. The molecule has 10 atom stereocenters. The first-order valence-electron chi connectivity index (χ1n) is 11.7. The summed E-state index contributed by atoms with van der Waals surface area (Å²) >= 11 is 0. The highest BCUT2D eigenvalue weighted by Gasteiger charge is 2.59. The van der Waals surface area contributed by atoms with Gasteiger partial charge in [-0.1, -0.05) is 0 Å². The van der Waals surface area contributed by atoms with Crippen LogP contribution < -0.4 is 0 Å². The Morgan fingerprint density at radius 2 is 1.24 bits per heavy atom. The third-order valence-corrected chi connectivity index (χ3v) is 5.93. The van der Waals surface area contributed by atoms with Crippen LogP contribution in [-0.4, -0.2) is 105 Å². The number of ether oxygens (including phenoxy) is 10. The lowest BCUT2D eigenvalue weighted by Crippen LogP contribution is -2.66. The van der Waals surface area contributed by atoms with E-state index in [2.05, 4.69) is 0 Å². The highest BCUT2D eigenvalue weighted by atomic mass is 16.8. The first-order chi connectivity index (χ1) is 17.3. The van der Waals surface area contributed by atoms with Gasteiger partial charge in [-0.3, -0.25) is 14.4 Å². The lowest BCUT2D eigenvalue weighted by molar-refractivity contribution is -0.341. The van der Waals surface area contributed by atoms with Gasteiger partial charge in [0.2, 0.25) is 0 Å². The number of rotatable bonds is 7. The van der Waals surface area contributed by atoms with Gasteiger partial charge in [-0.05, 0) is 20.8 Å². The van der Waals surface area contributed by atoms with E-state index in [4.69, 9.17) is 47.4 Å². The van der Waals surface area contributed by atoms with Gasteiger partial charge in [0.05, 0.1) is 13.2 Å². The number of fused-ring (bicyclic) bond motifs is 1. The molecule has 3 aliphatic heterocycles. The lowest BCUT2D eigenvalue weighted by Gasteiger charge is -2.46. The fraction of sp³-hybridized carbons (Fsp3) is 0.826. The molecule has 14 heteroatoms. The molecule has 0 aromatic heterocycles. The van der Waals surface area contributed by atoms with E-state index in [1.165, 1.54) is 7.11 Å². The predicted molar refractivity (Wildman–Crippen MR) is 117 cm³/mol. The maximum Gasteiger partial charge on any atom is 0.339 e. The first-order valence-corrected chi connectivity index (χ1v) is 11.7. The Morgan fingerprint density at radius 1 is 0.703 bits per heavy atom. The molecule has 3 fully saturated rings. The van der Waals surface area contributed by atoms with Gasteiger partial charge in [0.1, 0.15) is 18.3 Å². The third-order valence-electron chi connectivity index (χ3n) is 5.93. The smallest absolute Gasteiger partial charge is 0.339 e. The maximum atomic E-state index is 12.6. The van der Waals surface area contributed by atoms with Crippen LogP contribution in [0.25, 0.3) is 0 Å². The second-order valence-corrected chi connectivity index (χ2v) is 9.28. The molecule has 0 N–H and O–H groups in total. The molecule has 37 heavy (non-hydrogen) atoms. The summed E-state index contributed by atoms with van der Waals surface area (Å²) < 4.78 is 56.3. The second kappa shape index (κ2) is 11.6. The highest BCUT2D eigenvalue weighted by molar-refractivity contribution is 5.77. The first kappa shape index (κ1) is 29.2. The summed E-state index contributed by atoms with van der Waals surface area (Å²) in [6.45, 7) is 8.45. The summed E-state index contributed by atoms with van der Waals surface area (Å²) in [7, 11) is 2.56. The van der Waals surface area contributed by atoms with Gasteiger partial charge >= 0.3 is 23.9 Å². The zero-order valence-corrected chi connectivity index (χ0v) is 22.0. The molecule has 0 aromatic carbocycles. The van der Waals surface area contributed by atoms with Gasteiger partial charge < -0.3 is 47.4 Å². The monoisotopic (exact) mass is 534 g/mol. The molecule has 14 nitrogen and oxygen atoms in total. The minimum atomic E-state index is -1.59. The molecular formula is C23H34O14.